The Morgan fingerprint density at radius 1 is 1.14 bits per heavy atom. The Kier molecular flexibility index (Phi) is 3.32. The zero-order valence-corrected chi connectivity index (χ0v) is 13.5. The second kappa shape index (κ2) is 5.11. The van der Waals surface area contributed by atoms with Gasteiger partial charge >= 0.3 is 0 Å². The molecular weight excluding hydrogens is 272 g/mol. The summed E-state index contributed by atoms with van der Waals surface area (Å²) in [4.78, 5) is 12.7. The lowest BCUT2D eigenvalue weighted by Gasteiger charge is -2.50. The van der Waals surface area contributed by atoms with Gasteiger partial charge in [0, 0.05) is 11.8 Å². The topological polar surface area (TPSA) is 37.3 Å². The SMILES string of the molecule is C[C@]12CC[C@@H]3c4ccc(O)cc4CC[C@H]3[C@@H]1CCCCC2=O. The van der Waals surface area contributed by atoms with Crippen LogP contribution in [0, 0.1) is 17.3 Å². The molecule has 3 aliphatic carbocycles. The number of hydrogen-bond donors (Lipinski definition) is 1. The second-order valence-corrected chi connectivity index (χ2v) is 7.92. The molecule has 4 atom stereocenters. The standard InChI is InChI=1S/C20H26O2/c1-20-11-10-16-15-9-7-14(21)12-13(15)6-8-17(16)18(20)4-2-3-5-19(20)22/h7,9,12,16-18,21H,2-6,8,10-11H2,1H3/t16-,17-,18+,20+/m1/s1. The van der Waals surface area contributed by atoms with E-state index in [1.54, 1.807) is 0 Å². The Bertz CT molecular complexity index is 606. The van der Waals surface area contributed by atoms with E-state index in [0.717, 1.165) is 32.1 Å². The number of ketones is 1. The van der Waals surface area contributed by atoms with Crippen molar-refractivity contribution in [3.63, 3.8) is 0 Å². The van der Waals surface area contributed by atoms with Gasteiger partial charge in [0.15, 0.2) is 0 Å². The Labute approximate surface area is 132 Å². The number of benzene rings is 1. The van der Waals surface area contributed by atoms with Gasteiger partial charge in [0.25, 0.3) is 0 Å². The lowest BCUT2D eigenvalue weighted by molar-refractivity contribution is -0.135. The largest absolute Gasteiger partial charge is 0.508 e. The maximum atomic E-state index is 12.7. The number of carbonyl (C=O) groups excluding carboxylic acids is 1. The van der Waals surface area contributed by atoms with Crippen LogP contribution >= 0.6 is 0 Å². The van der Waals surface area contributed by atoms with E-state index in [1.165, 1.54) is 30.4 Å². The zero-order valence-electron chi connectivity index (χ0n) is 13.5. The van der Waals surface area contributed by atoms with Gasteiger partial charge in [0.1, 0.15) is 11.5 Å². The molecule has 118 valence electrons. The van der Waals surface area contributed by atoms with Crippen LogP contribution in [0.5, 0.6) is 5.75 Å². The minimum absolute atomic E-state index is 0.0634. The number of fused-ring (bicyclic) bond motifs is 5. The van der Waals surface area contributed by atoms with Gasteiger partial charge in [0.05, 0.1) is 0 Å². The summed E-state index contributed by atoms with van der Waals surface area (Å²) in [5.74, 6) is 2.77. The average molecular weight is 298 g/mol. The van der Waals surface area contributed by atoms with Crippen molar-refractivity contribution in [2.24, 2.45) is 17.3 Å². The van der Waals surface area contributed by atoms with Crippen LogP contribution in [0.3, 0.4) is 0 Å². The first-order chi connectivity index (χ1) is 10.6. The summed E-state index contributed by atoms with van der Waals surface area (Å²) in [6.45, 7) is 2.26. The Balaban J connectivity index is 1.72. The van der Waals surface area contributed by atoms with E-state index in [0.29, 0.717) is 29.3 Å². The summed E-state index contributed by atoms with van der Waals surface area (Å²) in [6.07, 6.45) is 8.79. The molecule has 1 aromatic rings. The van der Waals surface area contributed by atoms with E-state index >= 15 is 0 Å². The van der Waals surface area contributed by atoms with Crippen LogP contribution < -0.4 is 0 Å². The number of rotatable bonds is 0. The lowest BCUT2D eigenvalue weighted by atomic mass is 9.53. The van der Waals surface area contributed by atoms with E-state index in [2.05, 4.69) is 13.0 Å². The van der Waals surface area contributed by atoms with Crippen molar-refractivity contribution in [1.82, 2.24) is 0 Å². The lowest BCUT2D eigenvalue weighted by Crippen LogP contribution is -2.46. The van der Waals surface area contributed by atoms with E-state index in [9.17, 15) is 9.90 Å². The molecule has 2 fully saturated rings. The van der Waals surface area contributed by atoms with Crippen LogP contribution in [0.25, 0.3) is 0 Å². The minimum Gasteiger partial charge on any atom is -0.508 e. The van der Waals surface area contributed by atoms with Crippen LogP contribution in [-0.4, -0.2) is 10.9 Å². The summed E-state index contributed by atoms with van der Waals surface area (Å²) >= 11 is 0. The minimum atomic E-state index is -0.0634. The number of phenolic OH excluding ortho intramolecular Hbond substituents is 1. The molecule has 0 bridgehead atoms. The van der Waals surface area contributed by atoms with Crippen LogP contribution in [0.4, 0.5) is 0 Å². The quantitative estimate of drug-likeness (QED) is 0.760. The first-order valence-corrected chi connectivity index (χ1v) is 8.95. The molecule has 0 amide bonds. The van der Waals surface area contributed by atoms with Crippen LogP contribution in [-0.2, 0) is 11.2 Å². The molecule has 0 heterocycles. The molecule has 1 N–H and O–H groups in total. The summed E-state index contributed by atoms with van der Waals surface area (Å²) in [5.41, 5.74) is 2.73. The van der Waals surface area contributed by atoms with Gasteiger partial charge in [-0.3, -0.25) is 4.79 Å². The first-order valence-electron chi connectivity index (χ1n) is 8.95. The third kappa shape index (κ3) is 2.03. The van der Waals surface area contributed by atoms with E-state index in [1.807, 2.05) is 12.1 Å². The van der Waals surface area contributed by atoms with Gasteiger partial charge in [-0.1, -0.05) is 19.4 Å². The summed E-state index contributed by atoms with van der Waals surface area (Å²) in [6, 6.07) is 5.94. The molecule has 0 saturated heterocycles. The highest BCUT2D eigenvalue weighted by molar-refractivity contribution is 5.85. The molecule has 2 heteroatoms. The number of aromatic hydroxyl groups is 1. The Morgan fingerprint density at radius 2 is 2.00 bits per heavy atom. The molecule has 0 aromatic heterocycles. The Hall–Kier alpha value is -1.31. The number of hydrogen-bond acceptors (Lipinski definition) is 2. The predicted molar refractivity (Wildman–Crippen MR) is 87.0 cm³/mol. The molecule has 0 radical (unpaired) electrons. The first kappa shape index (κ1) is 14.3. The Morgan fingerprint density at radius 3 is 2.86 bits per heavy atom. The molecule has 4 rings (SSSR count). The number of Topliss-reactive ketones (excluding diaryl/α,β-unsaturated/α-hetero) is 1. The summed E-state index contributed by atoms with van der Waals surface area (Å²) in [5, 5.41) is 9.74. The second-order valence-electron chi connectivity index (χ2n) is 7.92. The molecule has 22 heavy (non-hydrogen) atoms. The molecule has 0 spiro atoms. The highest BCUT2D eigenvalue weighted by Crippen LogP contribution is 2.57. The maximum Gasteiger partial charge on any atom is 0.139 e. The monoisotopic (exact) mass is 298 g/mol. The van der Waals surface area contributed by atoms with E-state index < -0.39 is 0 Å². The third-order valence-electron chi connectivity index (χ3n) is 6.91. The van der Waals surface area contributed by atoms with Gasteiger partial charge in [-0.25, -0.2) is 0 Å². The average Bonchev–Trinajstić information content (AvgIpc) is 2.66. The molecule has 0 unspecified atom stereocenters. The normalized spacial score (nSPS) is 37.7. The van der Waals surface area contributed by atoms with Gasteiger partial charge in [-0.2, -0.15) is 0 Å². The number of carbonyl (C=O) groups is 1. The molecule has 0 aliphatic heterocycles. The molecule has 2 saturated carbocycles. The highest BCUT2D eigenvalue weighted by atomic mass is 16.3. The van der Waals surface area contributed by atoms with Gasteiger partial charge in [-0.15, -0.1) is 0 Å². The van der Waals surface area contributed by atoms with Crippen molar-refractivity contribution in [2.75, 3.05) is 0 Å². The van der Waals surface area contributed by atoms with E-state index in [4.69, 9.17) is 0 Å². The fourth-order valence-electron chi connectivity index (χ4n) is 5.70. The molecule has 2 nitrogen and oxygen atoms in total. The maximum absolute atomic E-state index is 12.7. The van der Waals surface area contributed by atoms with Crippen LogP contribution in [0.15, 0.2) is 18.2 Å². The highest BCUT2D eigenvalue weighted by Gasteiger charge is 2.51. The van der Waals surface area contributed by atoms with Crippen LogP contribution in [0.1, 0.15) is 68.9 Å². The molecule has 3 aliphatic rings. The van der Waals surface area contributed by atoms with Crippen molar-refractivity contribution in [1.29, 1.82) is 0 Å². The van der Waals surface area contributed by atoms with Crippen LogP contribution in [0.2, 0.25) is 0 Å². The summed E-state index contributed by atoms with van der Waals surface area (Å²) < 4.78 is 0. The molecule has 1 aromatic carbocycles. The summed E-state index contributed by atoms with van der Waals surface area (Å²) in [7, 11) is 0. The van der Waals surface area contributed by atoms with Crippen molar-refractivity contribution in [3.8, 4) is 5.75 Å². The predicted octanol–water partition coefficient (Wildman–Crippen LogP) is 4.60. The van der Waals surface area contributed by atoms with Crippen molar-refractivity contribution < 1.29 is 9.90 Å². The fraction of sp³-hybridized carbons (Fsp3) is 0.650. The zero-order chi connectivity index (χ0) is 15.3. The number of phenols is 1. The van der Waals surface area contributed by atoms with Gasteiger partial charge < -0.3 is 5.11 Å². The van der Waals surface area contributed by atoms with Crippen molar-refractivity contribution in [2.45, 2.75) is 64.2 Å². The van der Waals surface area contributed by atoms with Gasteiger partial charge in [0.2, 0.25) is 0 Å². The molecular formula is C20H26O2. The van der Waals surface area contributed by atoms with E-state index in [-0.39, 0.29) is 5.41 Å². The smallest absolute Gasteiger partial charge is 0.139 e. The third-order valence-corrected chi connectivity index (χ3v) is 6.91. The van der Waals surface area contributed by atoms with Crippen molar-refractivity contribution >= 4 is 5.78 Å². The fourth-order valence-corrected chi connectivity index (χ4v) is 5.70. The van der Waals surface area contributed by atoms with Gasteiger partial charge in [-0.05, 0) is 79.5 Å². The van der Waals surface area contributed by atoms with Crippen molar-refractivity contribution in [3.05, 3.63) is 29.3 Å². The number of aryl methyl sites for hydroxylation is 1.